The summed E-state index contributed by atoms with van der Waals surface area (Å²) in [5, 5.41) is 3.08. The van der Waals surface area contributed by atoms with Crippen LogP contribution in [0, 0.1) is 0 Å². The van der Waals surface area contributed by atoms with Gasteiger partial charge in [0.1, 0.15) is 24.7 Å². The average molecular weight is 476 g/mol. The van der Waals surface area contributed by atoms with Crippen molar-refractivity contribution in [1.29, 1.82) is 0 Å². The summed E-state index contributed by atoms with van der Waals surface area (Å²) in [5.74, 6) is 3.79. The average Bonchev–Trinajstić information content (AvgIpc) is 3.21. The van der Waals surface area contributed by atoms with Crippen molar-refractivity contribution in [2.45, 2.75) is 24.2 Å². The summed E-state index contributed by atoms with van der Waals surface area (Å²) in [4.78, 5) is 17.7. The molecular formula is C26H25N3O2S2. The van der Waals surface area contributed by atoms with Crippen LogP contribution in [0.2, 0.25) is 0 Å². The molecule has 7 heteroatoms. The van der Waals surface area contributed by atoms with Crippen LogP contribution in [-0.4, -0.2) is 27.0 Å². The molecule has 2 heterocycles. The van der Waals surface area contributed by atoms with Crippen molar-refractivity contribution in [2.24, 2.45) is 0 Å². The zero-order chi connectivity index (χ0) is 22.5. The van der Waals surface area contributed by atoms with Gasteiger partial charge in [-0.05, 0) is 59.9 Å². The van der Waals surface area contributed by atoms with E-state index in [1.54, 1.807) is 0 Å². The third-order valence-electron chi connectivity index (χ3n) is 5.42. The highest BCUT2D eigenvalue weighted by Gasteiger charge is 2.18. The number of hydrogen-bond donors (Lipinski definition) is 1. The zero-order valence-electron chi connectivity index (χ0n) is 18.1. The zero-order valence-corrected chi connectivity index (χ0v) is 19.8. The Labute approximate surface area is 201 Å². The van der Waals surface area contributed by atoms with Crippen molar-refractivity contribution in [3.63, 3.8) is 0 Å². The van der Waals surface area contributed by atoms with E-state index in [-0.39, 0.29) is 19.1 Å². The van der Waals surface area contributed by atoms with Gasteiger partial charge < -0.3 is 14.6 Å². The van der Waals surface area contributed by atoms with E-state index in [4.69, 9.17) is 9.72 Å². The highest BCUT2D eigenvalue weighted by Crippen LogP contribution is 2.44. The number of nitrogens with one attached hydrogen (secondary N) is 1. The number of carbonyl (C=O) groups excluding carboxylic acids is 1. The van der Waals surface area contributed by atoms with Crippen LogP contribution in [0.5, 0.6) is 5.75 Å². The standard InChI is InChI=1S/C26H25N3O2S2/c30-25(27-20-9-6-8-19(16-20)26-32-14-7-15-33-26)17-29-23-13-5-4-12-22(23)28-24(29)18-31-21-10-2-1-3-11-21/h1-6,8-13,16,26H,7,14-15,17-18H2,(H,27,30). The van der Waals surface area contributed by atoms with E-state index in [1.165, 1.54) is 23.5 Å². The fourth-order valence-electron chi connectivity index (χ4n) is 3.86. The second-order valence-electron chi connectivity index (χ2n) is 7.81. The van der Waals surface area contributed by atoms with Crippen LogP contribution in [0.4, 0.5) is 5.69 Å². The van der Waals surface area contributed by atoms with E-state index in [0.29, 0.717) is 4.58 Å². The van der Waals surface area contributed by atoms with Gasteiger partial charge in [-0.25, -0.2) is 4.98 Å². The number of carbonyl (C=O) groups is 1. The lowest BCUT2D eigenvalue weighted by Crippen LogP contribution is -2.21. The molecule has 1 N–H and O–H groups in total. The summed E-state index contributed by atoms with van der Waals surface area (Å²) in [7, 11) is 0. The molecule has 1 amide bonds. The van der Waals surface area contributed by atoms with E-state index >= 15 is 0 Å². The molecule has 0 radical (unpaired) electrons. The van der Waals surface area contributed by atoms with Gasteiger partial charge in [0.2, 0.25) is 5.91 Å². The minimum atomic E-state index is -0.0831. The molecule has 0 atom stereocenters. The number of imidazole rings is 1. The quantitative estimate of drug-likeness (QED) is 0.349. The maximum atomic E-state index is 13.0. The number of benzene rings is 3. The van der Waals surface area contributed by atoms with Crippen molar-refractivity contribution in [3.05, 3.63) is 90.3 Å². The molecule has 33 heavy (non-hydrogen) atoms. The van der Waals surface area contributed by atoms with Gasteiger partial charge in [-0.3, -0.25) is 4.79 Å². The van der Waals surface area contributed by atoms with Crippen molar-refractivity contribution in [3.8, 4) is 5.75 Å². The summed E-state index contributed by atoms with van der Waals surface area (Å²) in [6.45, 7) is 0.461. The lowest BCUT2D eigenvalue weighted by atomic mass is 10.2. The SMILES string of the molecule is O=C(Cn1c(COc2ccccc2)nc2ccccc21)Nc1cccc(C2SCCCS2)c1. The van der Waals surface area contributed by atoms with Gasteiger partial charge in [0.15, 0.2) is 0 Å². The molecule has 4 aromatic rings. The van der Waals surface area contributed by atoms with E-state index < -0.39 is 0 Å². The number of aromatic nitrogens is 2. The molecule has 1 aliphatic rings. The summed E-state index contributed by atoms with van der Waals surface area (Å²) < 4.78 is 8.30. The maximum Gasteiger partial charge on any atom is 0.244 e. The van der Waals surface area contributed by atoms with Crippen molar-refractivity contribution < 1.29 is 9.53 Å². The highest BCUT2D eigenvalue weighted by molar-refractivity contribution is 8.16. The van der Waals surface area contributed by atoms with E-state index in [1.807, 2.05) is 94.8 Å². The first-order valence-corrected chi connectivity index (χ1v) is 13.1. The minimum Gasteiger partial charge on any atom is -0.486 e. The second-order valence-corrected chi connectivity index (χ2v) is 10.5. The van der Waals surface area contributed by atoms with Gasteiger partial charge in [0.05, 0.1) is 15.6 Å². The van der Waals surface area contributed by atoms with Crippen LogP contribution in [0.3, 0.4) is 0 Å². The molecule has 1 aliphatic heterocycles. The Bertz CT molecular complexity index is 1240. The van der Waals surface area contributed by atoms with Crippen LogP contribution >= 0.6 is 23.5 Å². The largest absolute Gasteiger partial charge is 0.486 e. The van der Waals surface area contributed by atoms with E-state index in [2.05, 4.69) is 17.4 Å². The van der Waals surface area contributed by atoms with Crippen LogP contribution < -0.4 is 10.1 Å². The Morgan fingerprint density at radius 1 is 1.00 bits per heavy atom. The molecular weight excluding hydrogens is 450 g/mol. The van der Waals surface area contributed by atoms with Crippen molar-refractivity contribution >= 4 is 46.2 Å². The first-order valence-electron chi connectivity index (χ1n) is 11.0. The highest BCUT2D eigenvalue weighted by atomic mass is 32.2. The van der Waals surface area contributed by atoms with Gasteiger partial charge in [-0.2, -0.15) is 0 Å². The Morgan fingerprint density at radius 3 is 2.64 bits per heavy atom. The number of ether oxygens (including phenoxy) is 1. The Kier molecular flexibility index (Phi) is 6.88. The van der Waals surface area contributed by atoms with Crippen molar-refractivity contribution in [1.82, 2.24) is 9.55 Å². The van der Waals surface area contributed by atoms with Crippen LogP contribution in [-0.2, 0) is 17.9 Å². The lowest BCUT2D eigenvalue weighted by molar-refractivity contribution is -0.116. The van der Waals surface area contributed by atoms with E-state index in [9.17, 15) is 4.79 Å². The fraction of sp³-hybridized carbons (Fsp3) is 0.231. The molecule has 0 bridgehead atoms. The lowest BCUT2D eigenvalue weighted by Gasteiger charge is -2.21. The number of nitrogens with zero attached hydrogens (tertiary/aromatic N) is 2. The van der Waals surface area contributed by atoms with Gasteiger partial charge in [-0.1, -0.05) is 42.5 Å². The van der Waals surface area contributed by atoms with Crippen molar-refractivity contribution in [2.75, 3.05) is 16.8 Å². The second kappa shape index (κ2) is 10.4. The molecule has 1 fully saturated rings. The number of para-hydroxylation sites is 3. The van der Waals surface area contributed by atoms with Gasteiger partial charge in [0.25, 0.3) is 0 Å². The molecule has 1 saturated heterocycles. The molecule has 5 nitrogen and oxygen atoms in total. The minimum absolute atomic E-state index is 0.0831. The number of thioether (sulfide) groups is 2. The fourth-order valence-corrected chi connectivity index (χ4v) is 6.74. The normalized spacial score (nSPS) is 14.3. The number of hydrogen-bond acceptors (Lipinski definition) is 5. The summed E-state index contributed by atoms with van der Waals surface area (Å²) in [5.41, 5.74) is 3.86. The molecule has 0 saturated carbocycles. The summed E-state index contributed by atoms with van der Waals surface area (Å²) in [6.07, 6.45) is 1.26. The van der Waals surface area contributed by atoms with Crippen LogP contribution in [0.15, 0.2) is 78.9 Å². The molecule has 0 unspecified atom stereocenters. The first-order chi connectivity index (χ1) is 16.3. The Balaban J connectivity index is 1.32. The van der Waals surface area contributed by atoms with Gasteiger partial charge >= 0.3 is 0 Å². The summed E-state index contributed by atoms with van der Waals surface area (Å²) in [6, 6.07) is 25.7. The number of rotatable bonds is 7. The topological polar surface area (TPSA) is 56.2 Å². The van der Waals surface area contributed by atoms with Gasteiger partial charge in [-0.15, -0.1) is 23.5 Å². The van der Waals surface area contributed by atoms with E-state index in [0.717, 1.165) is 28.3 Å². The maximum absolute atomic E-state index is 13.0. The third-order valence-corrected chi connectivity index (χ3v) is 8.43. The third kappa shape index (κ3) is 5.37. The van der Waals surface area contributed by atoms with Crippen LogP contribution in [0.1, 0.15) is 22.4 Å². The van der Waals surface area contributed by atoms with Gasteiger partial charge in [0, 0.05) is 5.69 Å². The van der Waals surface area contributed by atoms with Crippen LogP contribution in [0.25, 0.3) is 11.0 Å². The Hall–Kier alpha value is -2.90. The first kappa shape index (κ1) is 21.9. The number of anilines is 1. The number of amides is 1. The predicted octanol–water partition coefficient (Wildman–Crippen LogP) is 6.12. The summed E-state index contributed by atoms with van der Waals surface area (Å²) >= 11 is 3.96. The smallest absolute Gasteiger partial charge is 0.244 e. The molecule has 1 aromatic heterocycles. The predicted molar refractivity (Wildman–Crippen MR) is 138 cm³/mol. The molecule has 0 spiro atoms. The number of fused-ring (bicyclic) bond motifs is 1. The molecule has 3 aromatic carbocycles. The Morgan fingerprint density at radius 2 is 1.79 bits per heavy atom. The molecule has 0 aliphatic carbocycles. The molecule has 168 valence electrons. The molecule has 5 rings (SSSR count). The monoisotopic (exact) mass is 475 g/mol.